The Bertz CT molecular complexity index is 488. The minimum Gasteiger partial charge on any atom is -0.481 e. The van der Waals surface area contributed by atoms with Crippen molar-refractivity contribution in [2.75, 3.05) is 39.9 Å². The first-order valence-electron chi connectivity index (χ1n) is 6.77. The maximum absolute atomic E-state index is 12.6. The molecule has 9 heteroatoms. The van der Waals surface area contributed by atoms with Gasteiger partial charge in [-0.25, -0.2) is 0 Å². The van der Waals surface area contributed by atoms with Crippen molar-refractivity contribution in [3.8, 4) is 6.07 Å². The third kappa shape index (κ3) is 4.93. The van der Waals surface area contributed by atoms with Gasteiger partial charge in [0.15, 0.2) is 0 Å². The van der Waals surface area contributed by atoms with Crippen LogP contribution in [0.25, 0.3) is 0 Å². The van der Waals surface area contributed by atoms with E-state index in [1.54, 1.807) is 0 Å². The van der Waals surface area contributed by atoms with Gasteiger partial charge in [-0.1, -0.05) is 0 Å². The van der Waals surface area contributed by atoms with Crippen molar-refractivity contribution < 1.29 is 23.1 Å². The number of carboxylic acids is 1. The Morgan fingerprint density at radius 3 is 2.81 bits per heavy atom. The van der Waals surface area contributed by atoms with Crippen molar-refractivity contribution >= 4 is 16.2 Å². The van der Waals surface area contributed by atoms with Crippen LogP contribution in [0.2, 0.25) is 0 Å². The molecule has 0 aromatic heterocycles. The van der Waals surface area contributed by atoms with Gasteiger partial charge in [0, 0.05) is 39.7 Å². The lowest BCUT2D eigenvalue weighted by molar-refractivity contribution is -0.142. The molecule has 0 spiro atoms. The summed E-state index contributed by atoms with van der Waals surface area (Å²) in [6, 6.07) is 1.92. The van der Waals surface area contributed by atoms with E-state index in [2.05, 4.69) is 0 Å². The highest BCUT2D eigenvalue weighted by molar-refractivity contribution is 7.86. The Morgan fingerprint density at radius 2 is 2.24 bits per heavy atom. The van der Waals surface area contributed by atoms with Crippen LogP contribution in [0.1, 0.15) is 19.3 Å². The number of aliphatic carboxylic acids is 1. The summed E-state index contributed by atoms with van der Waals surface area (Å²) in [7, 11) is -2.29. The van der Waals surface area contributed by atoms with Crippen LogP contribution in [-0.4, -0.2) is 68.0 Å². The van der Waals surface area contributed by atoms with Crippen molar-refractivity contribution in [1.29, 1.82) is 5.26 Å². The van der Waals surface area contributed by atoms with Crippen LogP contribution in [-0.2, 0) is 19.7 Å². The number of carbonyl (C=O) groups is 1. The normalized spacial score (nSPS) is 20.3. The number of nitriles is 1. The van der Waals surface area contributed by atoms with E-state index >= 15 is 0 Å². The van der Waals surface area contributed by atoms with Crippen LogP contribution in [0.5, 0.6) is 0 Å². The first-order valence-corrected chi connectivity index (χ1v) is 8.17. The number of hydrogen-bond acceptors (Lipinski definition) is 5. The van der Waals surface area contributed by atoms with Crippen molar-refractivity contribution in [2.24, 2.45) is 5.92 Å². The summed E-state index contributed by atoms with van der Waals surface area (Å²) in [6.45, 7) is 0.738. The molecule has 1 rings (SSSR count). The third-order valence-corrected chi connectivity index (χ3v) is 5.41. The zero-order chi connectivity index (χ0) is 15.9. The molecule has 1 aliphatic rings. The van der Waals surface area contributed by atoms with Crippen LogP contribution in [0.15, 0.2) is 0 Å². The second-order valence-electron chi connectivity index (χ2n) is 4.84. The van der Waals surface area contributed by atoms with Crippen LogP contribution < -0.4 is 0 Å². The average molecular weight is 319 g/mol. The average Bonchev–Trinajstić information content (AvgIpc) is 2.47. The van der Waals surface area contributed by atoms with E-state index in [0.29, 0.717) is 19.4 Å². The maximum atomic E-state index is 12.6. The smallest absolute Gasteiger partial charge is 0.307 e. The number of carboxylic acid groups (broad SMARTS) is 1. The summed E-state index contributed by atoms with van der Waals surface area (Å²) in [5.41, 5.74) is 0. The molecule has 1 atom stereocenters. The van der Waals surface area contributed by atoms with Crippen molar-refractivity contribution in [3.05, 3.63) is 0 Å². The SMILES string of the molecule is COCCN(CCC#N)S(=O)(=O)N1CCCC(C(=O)O)C1. The van der Waals surface area contributed by atoms with E-state index in [1.165, 1.54) is 15.7 Å². The Balaban J connectivity index is 2.83. The van der Waals surface area contributed by atoms with E-state index in [4.69, 9.17) is 15.1 Å². The molecule has 0 amide bonds. The Kier molecular flexibility index (Phi) is 7.04. The predicted molar refractivity (Wildman–Crippen MR) is 74.5 cm³/mol. The van der Waals surface area contributed by atoms with E-state index < -0.39 is 22.1 Å². The Labute approximate surface area is 125 Å². The second-order valence-corrected chi connectivity index (χ2v) is 6.77. The zero-order valence-electron chi connectivity index (χ0n) is 12.1. The third-order valence-electron chi connectivity index (χ3n) is 3.40. The van der Waals surface area contributed by atoms with Crippen LogP contribution in [0, 0.1) is 17.2 Å². The fourth-order valence-electron chi connectivity index (χ4n) is 2.23. The molecule has 0 aromatic rings. The Hall–Kier alpha value is -1.21. The zero-order valence-corrected chi connectivity index (χ0v) is 12.9. The van der Waals surface area contributed by atoms with Crippen molar-refractivity contribution in [3.63, 3.8) is 0 Å². The van der Waals surface area contributed by atoms with E-state index in [1.807, 2.05) is 6.07 Å². The monoisotopic (exact) mass is 319 g/mol. The standard InChI is InChI=1S/C12H21N3O5S/c1-20-9-8-14(7-3-5-13)21(18,19)15-6-2-4-11(10-15)12(16)17/h11H,2-4,6-10H2,1H3,(H,16,17). The van der Waals surface area contributed by atoms with E-state index in [-0.39, 0.29) is 32.7 Å². The number of hydrogen-bond donors (Lipinski definition) is 1. The molecule has 1 heterocycles. The lowest BCUT2D eigenvalue weighted by Crippen LogP contribution is -2.50. The Morgan fingerprint density at radius 1 is 1.52 bits per heavy atom. The minimum absolute atomic E-state index is 0.0201. The predicted octanol–water partition coefficient (Wildman–Crippen LogP) is -0.110. The molecule has 21 heavy (non-hydrogen) atoms. The lowest BCUT2D eigenvalue weighted by atomic mass is 10.0. The summed E-state index contributed by atoms with van der Waals surface area (Å²) in [4.78, 5) is 11.0. The molecule has 0 saturated carbocycles. The van der Waals surface area contributed by atoms with Gasteiger partial charge in [-0.05, 0) is 12.8 Å². The molecule has 0 radical (unpaired) electrons. The topological polar surface area (TPSA) is 111 Å². The van der Waals surface area contributed by atoms with E-state index in [9.17, 15) is 13.2 Å². The molecule has 0 aliphatic carbocycles. The summed E-state index contributed by atoms with van der Waals surface area (Å²) in [6.07, 6.45) is 1.09. The van der Waals surface area contributed by atoms with Gasteiger partial charge in [0.05, 0.1) is 18.6 Å². The minimum atomic E-state index is -3.76. The summed E-state index contributed by atoms with van der Waals surface area (Å²) in [5.74, 6) is -1.65. The highest BCUT2D eigenvalue weighted by Crippen LogP contribution is 2.21. The molecular weight excluding hydrogens is 298 g/mol. The highest BCUT2D eigenvalue weighted by atomic mass is 32.2. The molecule has 120 valence electrons. The van der Waals surface area contributed by atoms with Crippen molar-refractivity contribution in [1.82, 2.24) is 8.61 Å². The first kappa shape index (κ1) is 17.8. The molecule has 1 saturated heterocycles. The van der Waals surface area contributed by atoms with Crippen LogP contribution in [0.4, 0.5) is 0 Å². The number of ether oxygens (including phenoxy) is 1. The van der Waals surface area contributed by atoms with Gasteiger partial charge in [0.2, 0.25) is 0 Å². The van der Waals surface area contributed by atoms with Gasteiger partial charge >= 0.3 is 5.97 Å². The highest BCUT2D eigenvalue weighted by Gasteiger charge is 2.35. The molecule has 1 N–H and O–H groups in total. The molecule has 1 unspecified atom stereocenters. The second kappa shape index (κ2) is 8.29. The van der Waals surface area contributed by atoms with Gasteiger partial charge < -0.3 is 9.84 Å². The summed E-state index contributed by atoms with van der Waals surface area (Å²) in [5, 5.41) is 17.7. The van der Waals surface area contributed by atoms with Gasteiger partial charge in [-0.15, -0.1) is 0 Å². The molecule has 8 nitrogen and oxygen atoms in total. The molecular formula is C12H21N3O5S. The lowest BCUT2D eigenvalue weighted by Gasteiger charge is -2.34. The van der Waals surface area contributed by atoms with Gasteiger partial charge in [0.25, 0.3) is 10.2 Å². The van der Waals surface area contributed by atoms with Crippen LogP contribution >= 0.6 is 0 Å². The number of nitrogens with zero attached hydrogens (tertiary/aromatic N) is 3. The van der Waals surface area contributed by atoms with Crippen molar-refractivity contribution in [2.45, 2.75) is 19.3 Å². The molecule has 0 aromatic carbocycles. The molecule has 1 aliphatic heterocycles. The number of piperidine rings is 1. The van der Waals surface area contributed by atoms with Gasteiger partial charge in [-0.2, -0.15) is 22.3 Å². The maximum Gasteiger partial charge on any atom is 0.307 e. The van der Waals surface area contributed by atoms with Gasteiger partial charge in [0.1, 0.15) is 0 Å². The quantitative estimate of drug-likeness (QED) is 0.668. The summed E-state index contributed by atoms with van der Waals surface area (Å²) >= 11 is 0. The van der Waals surface area contributed by atoms with E-state index in [0.717, 1.165) is 0 Å². The molecule has 0 bridgehead atoms. The molecule has 1 fully saturated rings. The van der Waals surface area contributed by atoms with Crippen LogP contribution in [0.3, 0.4) is 0 Å². The summed E-state index contributed by atoms with van der Waals surface area (Å²) < 4.78 is 32.4. The first-order chi connectivity index (χ1) is 9.93. The fraction of sp³-hybridized carbons (Fsp3) is 0.833. The largest absolute Gasteiger partial charge is 0.481 e. The number of methoxy groups -OCH3 is 1. The number of rotatable bonds is 8. The fourth-order valence-corrected chi connectivity index (χ4v) is 3.91. The van der Waals surface area contributed by atoms with Gasteiger partial charge in [-0.3, -0.25) is 4.79 Å².